The van der Waals surface area contributed by atoms with Crippen LogP contribution in [0.5, 0.6) is 0 Å². The van der Waals surface area contributed by atoms with Crippen LogP contribution in [0.4, 0.5) is 5.69 Å². The van der Waals surface area contributed by atoms with Crippen LogP contribution in [0.15, 0.2) is 34.7 Å². The maximum atomic E-state index is 6.02. The van der Waals surface area contributed by atoms with Crippen LogP contribution >= 0.6 is 11.6 Å². The Kier molecular flexibility index (Phi) is 2.72. The van der Waals surface area contributed by atoms with E-state index in [-0.39, 0.29) is 0 Å². The van der Waals surface area contributed by atoms with Crippen molar-refractivity contribution in [2.24, 2.45) is 0 Å². The topological polar surface area (TPSA) is 52.0 Å². The van der Waals surface area contributed by atoms with E-state index in [1.807, 2.05) is 32.0 Å². The van der Waals surface area contributed by atoms with Gasteiger partial charge in [-0.2, -0.15) is 0 Å². The van der Waals surface area contributed by atoms with Crippen LogP contribution in [0.25, 0.3) is 22.6 Å². The molecular formula is C15H13ClN2O. The number of benzene rings is 2. The molecule has 0 atom stereocenters. The third-order valence-corrected chi connectivity index (χ3v) is 3.43. The van der Waals surface area contributed by atoms with Crippen LogP contribution in [0.3, 0.4) is 0 Å². The zero-order valence-corrected chi connectivity index (χ0v) is 11.5. The molecule has 0 saturated carbocycles. The van der Waals surface area contributed by atoms with E-state index in [0.29, 0.717) is 16.6 Å². The fraction of sp³-hybridized carbons (Fsp3) is 0.133. The predicted octanol–water partition coefficient (Wildman–Crippen LogP) is 4.35. The summed E-state index contributed by atoms with van der Waals surface area (Å²) >= 11 is 6.02. The zero-order valence-electron chi connectivity index (χ0n) is 10.7. The molecule has 0 aliphatic rings. The first-order chi connectivity index (χ1) is 9.06. The van der Waals surface area contributed by atoms with Crippen molar-refractivity contribution in [3.8, 4) is 11.5 Å². The molecule has 0 radical (unpaired) electrons. The normalized spacial score (nSPS) is 11.1. The highest BCUT2D eigenvalue weighted by Crippen LogP contribution is 2.33. The van der Waals surface area contributed by atoms with Crippen molar-refractivity contribution in [1.82, 2.24) is 4.98 Å². The van der Waals surface area contributed by atoms with Gasteiger partial charge in [-0.05, 0) is 43.2 Å². The molecule has 2 aromatic carbocycles. The van der Waals surface area contributed by atoms with Crippen molar-refractivity contribution in [3.05, 3.63) is 46.5 Å². The molecule has 3 rings (SSSR count). The van der Waals surface area contributed by atoms with Gasteiger partial charge in [0.25, 0.3) is 0 Å². The minimum absolute atomic E-state index is 0.491. The number of anilines is 1. The molecule has 3 nitrogen and oxygen atoms in total. The van der Waals surface area contributed by atoms with Gasteiger partial charge in [0, 0.05) is 0 Å². The lowest BCUT2D eigenvalue weighted by molar-refractivity contribution is 0.617. The second-order valence-electron chi connectivity index (χ2n) is 4.65. The van der Waals surface area contributed by atoms with E-state index >= 15 is 0 Å². The molecule has 0 bridgehead atoms. The molecule has 0 unspecified atom stereocenters. The number of fused-ring (bicyclic) bond motifs is 1. The first-order valence-electron chi connectivity index (χ1n) is 5.98. The molecule has 3 aromatic rings. The van der Waals surface area contributed by atoms with Crippen LogP contribution in [0.1, 0.15) is 11.1 Å². The summed E-state index contributed by atoms with van der Waals surface area (Å²) in [4.78, 5) is 4.50. The maximum Gasteiger partial charge on any atom is 0.229 e. The summed E-state index contributed by atoms with van der Waals surface area (Å²) in [7, 11) is 0. The Hall–Kier alpha value is -2.00. The molecule has 1 aromatic heterocycles. The summed E-state index contributed by atoms with van der Waals surface area (Å²) in [6, 6.07) is 9.50. The highest BCUT2D eigenvalue weighted by Gasteiger charge is 2.14. The van der Waals surface area contributed by atoms with Crippen LogP contribution in [-0.4, -0.2) is 4.98 Å². The van der Waals surface area contributed by atoms with E-state index < -0.39 is 0 Å². The number of nitrogens with two attached hydrogens (primary N) is 1. The number of hydrogen-bond acceptors (Lipinski definition) is 3. The average Bonchev–Trinajstić information content (AvgIpc) is 2.76. The van der Waals surface area contributed by atoms with Gasteiger partial charge in [0.15, 0.2) is 5.58 Å². The molecule has 0 aliphatic heterocycles. The fourth-order valence-corrected chi connectivity index (χ4v) is 2.39. The standard InChI is InChI=1S/C15H13ClN2O/c1-8-6-9(2)14-12(7-8)18-15(19-14)10-4-3-5-11(16)13(10)17/h3-7H,17H2,1-2H3. The molecule has 0 aliphatic carbocycles. The van der Waals surface area contributed by atoms with E-state index in [9.17, 15) is 0 Å². The molecule has 0 fully saturated rings. The molecule has 4 heteroatoms. The van der Waals surface area contributed by atoms with E-state index in [1.54, 1.807) is 6.07 Å². The number of rotatable bonds is 1. The van der Waals surface area contributed by atoms with E-state index in [4.69, 9.17) is 21.8 Å². The third-order valence-electron chi connectivity index (χ3n) is 3.10. The first kappa shape index (κ1) is 12.1. The second kappa shape index (κ2) is 4.28. The highest BCUT2D eigenvalue weighted by atomic mass is 35.5. The largest absolute Gasteiger partial charge is 0.436 e. The van der Waals surface area contributed by atoms with Crippen molar-refractivity contribution in [1.29, 1.82) is 0 Å². The number of nitrogen functional groups attached to an aromatic ring is 1. The first-order valence-corrected chi connectivity index (χ1v) is 6.36. The van der Waals surface area contributed by atoms with E-state index in [1.165, 1.54) is 0 Å². The van der Waals surface area contributed by atoms with Gasteiger partial charge < -0.3 is 10.2 Å². The maximum absolute atomic E-state index is 6.02. The summed E-state index contributed by atoms with van der Waals surface area (Å²) in [6.07, 6.45) is 0. The highest BCUT2D eigenvalue weighted by molar-refractivity contribution is 6.33. The van der Waals surface area contributed by atoms with Gasteiger partial charge in [-0.15, -0.1) is 0 Å². The number of aryl methyl sites for hydroxylation is 2. The third kappa shape index (κ3) is 1.96. The summed E-state index contributed by atoms with van der Waals surface area (Å²) in [5.74, 6) is 0.503. The Morgan fingerprint density at radius 2 is 2.00 bits per heavy atom. The van der Waals surface area contributed by atoms with Crippen molar-refractivity contribution in [2.75, 3.05) is 5.73 Å². The Labute approximate surface area is 116 Å². The molecule has 96 valence electrons. The van der Waals surface area contributed by atoms with Gasteiger partial charge >= 0.3 is 0 Å². The Morgan fingerprint density at radius 3 is 2.79 bits per heavy atom. The summed E-state index contributed by atoms with van der Waals surface area (Å²) in [5, 5.41) is 0.507. The molecule has 1 heterocycles. The lowest BCUT2D eigenvalue weighted by Gasteiger charge is -2.02. The molecule has 0 spiro atoms. The van der Waals surface area contributed by atoms with Crippen molar-refractivity contribution < 1.29 is 4.42 Å². The van der Waals surface area contributed by atoms with Crippen LogP contribution < -0.4 is 5.73 Å². The van der Waals surface area contributed by atoms with Crippen molar-refractivity contribution in [3.63, 3.8) is 0 Å². The van der Waals surface area contributed by atoms with Gasteiger partial charge in [0.1, 0.15) is 5.52 Å². The minimum Gasteiger partial charge on any atom is -0.436 e. The summed E-state index contributed by atoms with van der Waals surface area (Å²) < 4.78 is 5.83. The summed E-state index contributed by atoms with van der Waals surface area (Å²) in [6.45, 7) is 4.04. The van der Waals surface area contributed by atoms with Crippen LogP contribution in [-0.2, 0) is 0 Å². The molecular weight excluding hydrogens is 260 g/mol. The number of nitrogens with zero attached hydrogens (tertiary/aromatic N) is 1. The van der Waals surface area contributed by atoms with Gasteiger partial charge in [0.05, 0.1) is 16.3 Å². The molecule has 19 heavy (non-hydrogen) atoms. The Bertz CT molecular complexity index is 777. The quantitative estimate of drug-likeness (QED) is 0.670. The van der Waals surface area contributed by atoms with Gasteiger partial charge in [-0.3, -0.25) is 0 Å². The number of aromatic nitrogens is 1. The van der Waals surface area contributed by atoms with Crippen LogP contribution in [0, 0.1) is 13.8 Å². The van der Waals surface area contributed by atoms with Crippen molar-refractivity contribution in [2.45, 2.75) is 13.8 Å². The van der Waals surface area contributed by atoms with Gasteiger partial charge in [0.2, 0.25) is 5.89 Å². The number of halogens is 1. The lowest BCUT2D eigenvalue weighted by atomic mass is 10.1. The smallest absolute Gasteiger partial charge is 0.229 e. The summed E-state index contributed by atoms with van der Waals surface area (Å²) in [5.41, 5.74) is 11.0. The monoisotopic (exact) mass is 272 g/mol. The van der Waals surface area contributed by atoms with Crippen LogP contribution in [0.2, 0.25) is 5.02 Å². The zero-order chi connectivity index (χ0) is 13.6. The minimum atomic E-state index is 0.491. The molecule has 0 amide bonds. The van der Waals surface area contributed by atoms with E-state index in [0.717, 1.165) is 27.8 Å². The van der Waals surface area contributed by atoms with Gasteiger partial charge in [-0.25, -0.2) is 4.98 Å². The predicted molar refractivity (Wildman–Crippen MR) is 78.3 cm³/mol. The lowest BCUT2D eigenvalue weighted by Crippen LogP contribution is -1.90. The average molecular weight is 273 g/mol. The molecule has 2 N–H and O–H groups in total. The number of para-hydroxylation sites is 1. The Morgan fingerprint density at radius 1 is 1.21 bits per heavy atom. The Balaban J connectivity index is 2.26. The second-order valence-corrected chi connectivity index (χ2v) is 5.06. The number of oxazole rings is 1. The SMILES string of the molecule is Cc1cc(C)c2oc(-c3cccc(Cl)c3N)nc2c1. The van der Waals surface area contributed by atoms with E-state index in [2.05, 4.69) is 11.1 Å². The molecule has 0 saturated heterocycles. The van der Waals surface area contributed by atoms with Crippen molar-refractivity contribution >= 4 is 28.4 Å². The van der Waals surface area contributed by atoms with Gasteiger partial charge in [-0.1, -0.05) is 23.7 Å². The number of hydrogen-bond donors (Lipinski definition) is 1. The fourth-order valence-electron chi connectivity index (χ4n) is 2.22.